The number of benzene rings is 2. The number of alkyl carbamates (subject to hydrolysis) is 1. The van der Waals surface area contributed by atoms with E-state index in [1.807, 2.05) is 24.3 Å². The molecule has 3 atom stereocenters. The Kier molecular flexibility index (Phi) is 5.77. The number of ether oxygens (including phenoxy) is 1. The number of β-amino-alcohol motifs (C(OH)–C–C–N with tert-alkyl or cyclic N) is 1. The molecule has 0 spiro atoms. The quantitative estimate of drug-likeness (QED) is 0.627. The van der Waals surface area contributed by atoms with Gasteiger partial charge >= 0.3 is 12.1 Å². The van der Waals surface area contributed by atoms with Gasteiger partial charge in [0, 0.05) is 24.9 Å². The average Bonchev–Trinajstić information content (AvgIpc) is 3.54. The molecule has 8 nitrogen and oxygen atoms in total. The number of nitrogens with one attached hydrogen (secondary N) is 1. The van der Waals surface area contributed by atoms with Gasteiger partial charge in [-0.25, -0.2) is 9.59 Å². The van der Waals surface area contributed by atoms with Crippen LogP contribution in [0.25, 0.3) is 11.1 Å². The van der Waals surface area contributed by atoms with E-state index in [0.717, 1.165) is 28.7 Å². The number of amides is 2. The van der Waals surface area contributed by atoms with Gasteiger partial charge in [0.05, 0.1) is 12.5 Å². The number of nitrogens with zero attached hydrogens (tertiary/aromatic N) is 1. The lowest BCUT2D eigenvalue weighted by Gasteiger charge is -2.26. The largest absolute Gasteiger partial charge is 0.479 e. The minimum atomic E-state index is -1.90. The predicted molar refractivity (Wildman–Crippen MR) is 123 cm³/mol. The van der Waals surface area contributed by atoms with E-state index in [1.54, 1.807) is 0 Å². The monoisotopic (exact) mass is 464 g/mol. The lowest BCUT2D eigenvalue weighted by molar-refractivity contribution is -0.157. The molecular weight excluding hydrogens is 436 g/mol. The van der Waals surface area contributed by atoms with Crippen LogP contribution in [-0.2, 0) is 14.3 Å². The fourth-order valence-electron chi connectivity index (χ4n) is 5.61. The maximum Gasteiger partial charge on any atom is 0.407 e. The summed E-state index contributed by atoms with van der Waals surface area (Å²) in [6.07, 6.45) is 1.48. The highest BCUT2D eigenvalue weighted by atomic mass is 16.5. The summed E-state index contributed by atoms with van der Waals surface area (Å²) in [6, 6.07) is 15.9. The van der Waals surface area contributed by atoms with Gasteiger partial charge in [0.15, 0.2) is 5.60 Å². The highest BCUT2D eigenvalue weighted by Gasteiger charge is 2.47. The van der Waals surface area contributed by atoms with Crippen molar-refractivity contribution in [3.05, 3.63) is 59.7 Å². The summed E-state index contributed by atoms with van der Waals surface area (Å²) in [5, 5.41) is 22.3. The molecule has 3 N–H and O–H groups in total. The third-order valence-corrected chi connectivity index (χ3v) is 7.44. The summed E-state index contributed by atoms with van der Waals surface area (Å²) in [6.45, 7) is 0.161. The topological polar surface area (TPSA) is 116 Å². The SMILES string of the molecule is O=C(NC1CCCC1C(=O)N1CCC(O)(C(=O)O)C1)OCC1c2ccccc2-c2ccccc21. The van der Waals surface area contributed by atoms with Crippen molar-refractivity contribution >= 4 is 18.0 Å². The molecule has 0 bridgehead atoms. The van der Waals surface area contributed by atoms with E-state index in [-0.39, 0.29) is 44.0 Å². The Bertz CT molecular complexity index is 1090. The number of aliphatic hydroxyl groups is 1. The van der Waals surface area contributed by atoms with Crippen LogP contribution in [0.1, 0.15) is 42.7 Å². The smallest absolute Gasteiger partial charge is 0.407 e. The van der Waals surface area contributed by atoms with Crippen molar-refractivity contribution in [1.29, 1.82) is 0 Å². The summed E-state index contributed by atoms with van der Waals surface area (Å²) in [4.78, 5) is 38.4. The van der Waals surface area contributed by atoms with Gasteiger partial charge in [0.2, 0.25) is 5.91 Å². The minimum absolute atomic E-state index is 0.00523. The van der Waals surface area contributed by atoms with Crippen LogP contribution < -0.4 is 5.32 Å². The number of likely N-dealkylation sites (tertiary alicyclic amines) is 1. The number of aliphatic carboxylic acids is 1. The second-order valence-corrected chi connectivity index (χ2v) is 9.46. The lowest BCUT2D eigenvalue weighted by Crippen LogP contribution is -2.47. The molecule has 1 saturated heterocycles. The molecule has 178 valence electrons. The molecule has 1 heterocycles. The van der Waals surface area contributed by atoms with Crippen LogP contribution in [0.3, 0.4) is 0 Å². The molecule has 2 aromatic rings. The zero-order valence-electron chi connectivity index (χ0n) is 18.8. The summed E-state index contributed by atoms with van der Waals surface area (Å²) >= 11 is 0. The Labute approximate surface area is 197 Å². The number of hydrogen-bond donors (Lipinski definition) is 3. The standard InChI is InChI=1S/C26H28N2O6/c29-23(28-13-12-26(33,15-28)24(30)31)20-10-5-11-22(20)27-25(32)34-14-21-18-8-3-1-6-16(18)17-7-2-4-9-19(17)21/h1-4,6-9,20-22,33H,5,10-15H2,(H,27,32)(H,30,31). The van der Waals surface area contributed by atoms with Crippen LogP contribution in [0.4, 0.5) is 4.79 Å². The zero-order chi connectivity index (χ0) is 23.9. The molecule has 8 heteroatoms. The fraction of sp³-hybridized carbons (Fsp3) is 0.423. The van der Waals surface area contributed by atoms with Crippen molar-refractivity contribution < 1.29 is 29.3 Å². The molecule has 2 aromatic carbocycles. The van der Waals surface area contributed by atoms with Crippen LogP contribution >= 0.6 is 0 Å². The Hall–Kier alpha value is -3.39. The zero-order valence-corrected chi connectivity index (χ0v) is 18.8. The highest BCUT2D eigenvalue weighted by molar-refractivity contribution is 5.84. The molecule has 34 heavy (non-hydrogen) atoms. The van der Waals surface area contributed by atoms with Crippen molar-refractivity contribution in [1.82, 2.24) is 10.2 Å². The first-order chi connectivity index (χ1) is 16.4. The van der Waals surface area contributed by atoms with Gasteiger partial charge in [-0.1, -0.05) is 55.0 Å². The van der Waals surface area contributed by atoms with Crippen molar-refractivity contribution in [2.24, 2.45) is 5.92 Å². The minimum Gasteiger partial charge on any atom is -0.479 e. The number of rotatable bonds is 5. The molecule has 3 unspecified atom stereocenters. The molecule has 0 radical (unpaired) electrons. The first-order valence-corrected chi connectivity index (χ1v) is 11.7. The first kappa shape index (κ1) is 22.4. The van der Waals surface area contributed by atoms with Crippen LogP contribution in [0.15, 0.2) is 48.5 Å². The highest BCUT2D eigenvalue weighted by Crippen LogP contribution is 2.44. The molecule has 5 rings (SSSR count). The van der Waals surface area contributed by atoms with Crippen LogP contribution in [0.5, 0.6) is 0 Å². The Balaban J connectivity index is 1.21. The molecule has 1 aliphatic heterocycles. The maximum atomic E-state index is 13.0. The lowest BCUT2D eigenvalue weighted by atomic mass is 9.98. The van der Waals surface area contributed by atoms with E-state index in [2.05, 4.69) is 29.6 Å². The van der Waals surface area contributed by atoms with Gasteiger partial charge in [-0.05, 0) is 35.1 Å². The molecule has 3 aliphatic rings. The van der Waals surface area contributed by atoms with Crippen molar-refractivity contribution in [3.63, 3.8) is 0 Å². The van der Waals surface area contributed by atoms with Gasteiger partial charge < -0.3 is 25.2 Å². The third kappa shape index (κ3) is 3.92. The van der Waals surface area contributed by atoms with Crippen LogP contribution in [0.2, 0.25) is 0 Å². The van der Waals surface area contributed by atoms with Gasteiger partial charge in [0.1, 0.15) is 6.61 Å². The predicted octanol–water partition coefficient (Wildman–Crippen LogP) is 2.74. The number of carbonyl (C=O) groups is 3. The number of carboxylic acid groups (broad SMARTS) is 1. The molecule has 2 amide bonds. The molecule has 1 saturated carbocycles. The maximum absolute atomic E-state index is 13.0. The Morgan fingerprint density at radius 1 is 1.03 bits per heavy atom. The van der Waals surface area contributed by atoms with Crippen LogP contribution in [-0.4, -0.2) is 64.4 Å². The van der Waals surface area contributed by atoms with Crippen molar-refractivity contribution in [2.75, 3.05) is 19.7 Å². The molecule has 2 aliphatic carbocycles. The van der Waals surface area contributed by atoms with E-state index in [0.29, 0.717) is 12.8 Å². The summed E-state index contributed by atoms with van der Waals surface area (Å²) in [5.41, 5.74) is 2.67. The number of carboxylic acids is 1. The summed E-state index contributed by atoms with van der Waals surface area (Å²) in [7, 11) is 0. The van der Waals surface area contributed by atoms with Gasteiger partial charge in [-0.2, -0.15) is 0 Å². The Morgan fingerprint density at radius 3 is 2.29 bits per heavy atom. The van der Waals surface area contributed by atoms with Gasteiger partial charge in [-0.15, -0.1) is 0 Å². The van der Waals surface area contributed by atoms with Crippen molar-refractivity contribution in [2.45, 2.75) is 43.2 Å². The first-order valence-electron chi connectivity index (χ1n) is 11.7. The van der Waals surface area contributed by atoms with E-state index < -0.39 is 23.6 Å². The second kappa shape index (κ2) is 8.76. The van der Waals surface area contributed by atoms with E-state index in [9.17, 15) is 24.6 Å². The molecule has 2 fully saturated rings. The van der Waals surface area contributed by atoms with E-state index in [1.165, 1.54) is 4.90 Å². The fourth-order valence-corrected chi connectivity index (χ4v) is 5.61. The number of hydrogen-bond acceptors (Lipinski definition) is 5. The molecular formula is C26H28N2O6. The average molecular weight is 465 g/mol. The third-order valence-electron chi connectivity index (χ3n) is 7.44. The number of fused-ring (bicyclic) bond motifs is 3. The van der Waals surface area contributed by atoms with Gasteiger partial charge in [0.25, 0.3) is 0 Å². The molecule has 0 aromatic heterocycles. The van der Waals surface area contributed by atoms with E-state index in [4.69, 9.17) is 4.74 Å². The summed E-state index contributed by atoms with van der Waals surface area (Å²) in [5.74, 6) is -2.03. The second-order valence-electron chi connectivity index (χ2n) is 9.46. The Morgan fingerprint density at radius 2 is 1.68 bits per heavy atom. The summed E-state index contributed by atoms with van der Waals surface area (Å²) < 4.78 is 5.63. The normalized spacial score (nSPS) is 25.6. The number of carbonyl (C=O) groups excluding carboxylic acids is 2. The van der Waals surface area contributed by atoms with E-state index >= 15 is 0 Å². The van der Waals surface area contributed by atoms with Crippen molar-refractivity contribution in [3.8, 4) is 11.1 Å². The van der Waals surface area contributed by atoms with Gasteiger partial charge in [-0.3, -0.25) is 4.79 Å². The van der Waals surface area contributed by atoms with Crippen LogP contribution in [0, 0.1) is 5.92 Å².